The minimum atomic E-state index is 0.118. The van der Waals surface area contributed by atoms with Gasteiger partial charge in [-0.25, -0.2) is 9.97 Å². The normalized spacial score (nSPS) is 10.9. The molecule has 0 aliphatic heterocycles. The van der Waals surface area contributed by atoms with Crippen molar-refractivity contribution in [3.8, 4) is 0 Å². The minimum Gasteiger partial charge on any atom is -0.472 e. The molecule has 0 bridgehead atoms. The average Bonchev–Trinajstić information content (AvgIpc) is 4.20. The quantitative estimate of drug-likeness (QED) is 0.153. The standard InChI is InChI=1S/C8H12O.C8H12S.C7H11NO.C7H10O.C7H10S.2C6H9NO.2C5H8N2O/c2*1-8(2,3)7-4-5-9-6-7;1-7(2,3)6-4-9-5-8-6;2*1-6(2)7-4-3-5-8-7;1-5(2)6-7-3-4-8-6;1-5(2)6-3-4-8-7-6;1-4(2)5-7-6-3-8-5;1-4(2)5-6-3-7-8-5/h2*4-6H,1-3H3;4-5H,1-3H3;2*3-6H,1-2H3;2*3-5H,1-2H3;2*3-4H,1-2H3. The number of hydrogen-bond donors (Lipinski definition) is 0. The molecule has 0 saturated carbocycles. The summed E-state index contributed by atoms with van der Waals surface area (Å²) in [7, 11) is 0. The summed E-state index contributed by atoms with van der Waals surface area (Å²) in [5.41, 5.74) is 5.39. The number of hydrogen-bond acceptors (Lipinski definition) is 16. The maximum absolute atomic E-state index is 5.09. The van der Waals surface area contributed by atoms with Crippen LogP contribution in [0.1, 0.15) is 232 Å². The molecule has 0 radical (unpaired) electrons. The maximum atomic E-state index is 5.09. The zero-order chi connectivity index (χ0) is 56.6. The lowest BCUT2D eigenvalue weighted by atomic mass is 9.89. The van der Waals surface area contributed by atoms with Crippen LogP contribution < -0.4 is 0 Å². The smallest absolute Gasteiger partial charge is 0.228 e. The van der Waals surface area contributed by atoms with Gasteiger partial charge in [-0.3, -0.25) is 0 Å². The van der Waals surface area contributed by atoms with Gasteiger partial charge >= 0.3 is 0 Å². The number of oxazole rings is 2. The van der Waals surface area contributed by atoms with Gasteiger partial charge in [0.15, 0.2) is 18.6 Å². The molecule has 9 aromatic heterocycles. The molecule has 16 heteroatoms. The number of nitrogens with zero attached hydrogens (tertiary/aromatic N) is 7. The molecule has 414 valence electrons. The predicted molar refractivity (Wildman–Crippen MR) is 305 cm³/mol. The summed E-state index contributed by atoms with van der Waals surface area (Å²) < 4.78 is 34.1. The summed E-state index contributed by atoms with van der Waals surface area (Å²) in [4.78, 5) is 13.3. The Balaban J connectivity index is 0.000000422. The fourth-order valence-electron chi connectivity index (χ4n) is 5.11. The van der Waals surface area contributed by atoms with Crippen molar-refractivity contribution in [3.63, 3.8) is 0 Å². The first-order chi connectivity index (χ1) is 35.1. The van der Waals surface area contributed by atoms with Gasteiger partial charge in [-0.1, -0.05) is 162 Å². The van der Waals surface area contributed by atoms with Crippen LogP contribution in [0.2, 0.25) is 0 Å². The van der Waals surface area contributed by atoms with Gasteiger partial charge in [0.25, 0.3) is 0 Å². The highest BCUT2D eigenvalue weighted by atomic mass is 32.1. The van der Waals surface area contributed by atoms with E-state index in [1.807, 2.05) is 77.1 Å². The highest BCUT2D eigenvalue weighted by molar-refractivity contribution is 7.10. The van der Waals surface area contributed by atoms with Crippen LogP contribution in [0.5, 0.6) is 0 Å². The van der Waals surface area contributed by atoms with Crippen molar-refractivity contribution in [2.24, 2.45) is 0 Å². The molecule has 0 aliphatic carbocycles. The van der Waals surface area contributed by atoms with Crippen molar-refractivity contribution < 1.29 is 31.1 Å². The molecule has 0 aliphatic rings. The molecular weight excluding hydrogens is 983 g/mol. The van der Waals surface area contributed by atoms with E-state index >= 15 is 0 Å². The number of furan rings is 2. The largest absolute Gasteiger partial charge is 0.472 e. The van der Waals surface area contributed by atoms with Crippen LogP contribution in [-0.2, 0) is 16.2 Å². The lowest BCUT2D eigenvalue weighted by Crippen LogP contribution is -2.10. The number of thiophene rings is 2. The molecule has 9 aromatic rings. The van der Waals surface area contributed by atoms with Crippen molar-refractivity contribution in [2.45, 2.75) is 197 Å². The molecule has 0 saturated heterocycles. The van der Waals surface area contributed by atoms with Crippen LogP contribution in [-0.4, -0.2) is 35.5 Å². The lowest BCUT2D eigenvalue weighted by molar-refractivity contribution is 0.364. The van der Waals surface area contributed by atoms with E-state index in [0.717, 1.165) is 23.0 Å². The topological polar surface area (TPSA) is 182 Å². The Labute approximate surface area is 456 Å². The van der Waals surface area contributed by atoms with Gasteiger partial charge in [-0.05, 0) is 80.3 Å². The van der Waals surface area contributed by atoms with Crippen molar-refractivity contribution in [1.29, 1.82) is 0 Å². The molecule has 14 nitrogen and oxygen atoms in total. The predicted octanol–water partition coefficient (Wildman–Crippen LogP) is 18.9. The minimum absolute atomic E-state index is 0.118. The SMILES string of the molecule is CC(C)(C)c1ccoc1.CC(C)(C)c1ccsc1.CC(C)(C)c1cocn1.CC(C)c1ccco1.CC(C)c1cccs1.CC(C)c1ccon1.CC(C)c1ncco1.CC(C)c1ncno1.CC(C)c1nnco1. The first kappa shape index (κ1) is 66.9. The first-order valence-electron chi connectivity index (χ1n) is 25.5. The van der Waals surface area contributed by atoms with Crippen molar-refractivity contribution in [1.82, 2.24) is 35.5 Å². The third-order valence-corrected chi connectivity index (χ3v) is 11.8. The second-order valence-corrected chi connectivity index (χ2v) is 23.7. The molecule has 9 heterocycles. The third kappa shape index (κ3) is 30.1. The van der Waals surface area contributed by atoms with Gasteiger partial charge in [0.2, 0.25) is 18.2 Å². The van der Waals surface area contributed by atoms with Gasteiger partial charge in [0, 0.05) is 40.0 Å². The van der Waals surface area contributed by atoms with Crippen LogP contribution in [0.15, 0.2) is 153 Å². The number of aromatic nitrogens is 7. The number of rotatable bonds is 6. The summed E-state index contributed by atoms with van der Waals surface area (Å²) in [5, 5.41) is 20.9. The first-order valence-corrected chi connectivity index (χ1v) is 27.3. The van der Waals surface area contributed by atoms with Crippen molar-refractivity contribution in [3.05, 3.63) is 172 Å². The zero-order valence-electron chi connectivity index (χ0n) is 48.8. The molecule has 0 unspecified atom stereocenters. The van der Waals surface area contributed by atoms with Crippen molar-refractivity contribution in [2.75, 3.05) is 0 Å². The monoisotopic (exact) mass is 1070 g/mol. The van der Waals surface area contributed by atoms with Gasteiger partial charge in [0.05, 0.1) is 36.4 Å². The van der Waals surface area contributed by atoms with Crippen LogP contribution in [0.4, 0.5) is 0 Å². The molecule has 0 N–H and O–H groups in total. The lowest BCUT2D eigenvalue weighted by Gasteiger charge is -2.15. The van der Waals surface area contributed by atoms with E-state index in [9.17, 15) is 0 Å². The average molecular weight is 1070 g/mol. The van der Waals surface area contributed by atoms with Gasteiger partial charge in [-0.15, -0.1) is 21.5 Å². The molecule has 0 amide bonds. The fraction of sp³-hybridized carbons (Fsp3) is 0.508. The van der Waals surface area contributed by atoms with E-state index in [2.05, 4.69) is 178 Å². The third-order valence-electron chi connectivity index (χ3n) is 9.94. The van der Waals surface area contributed by atoms with Crippen LogP contribution >= 0.6 is 22.7 Å². The molecule has 75 heavy (non-hydrogen) atoms. The molecule has 0 atom stereocenters. The van der Waals surface area contributed by atoms with E-state index in [1.165, 1.54) is 35.1 Å². The Bertz CT molecular complexity index is 2120. The Morgan fingerprint density at radius 3 is 1.43 bits per heavy atom. The fourth-order valence-corrected chi connectivity index (χ4v) is 6.74. The van der Waals surface area contributed by atoms with Crippen LogP contribution in [0.3, 0.4) is 0 Å². The Kier molecular flexibility index (Phi) is 31.4. The molecule has 0 aromatic carbocycles. The molecule has 9 rings (SSSR count). The van der Waals surface area contributed by atoms with Gasteiger partial charge < -0.3 is 31.1 Å². The summed E-state index contributed by atoms with van der Waals surface area (Å²) in [6, 6.07) is 14.2. The van der Waals surface area contributed by atoms with E-state index in [1.54, 1.807) is 55.1 Å². The molecule has 0 spiro atoms. The molecular formula is C59H89N7O7S2. The maximum Gasteiger partial charge on any atom is 0.228 e. The summed E-state index contributed by atoms with van der Waals surface area (Å²) in [6.45, 7) is 44.4. The highest BCUT2D eigenvalue weighted by Gasteiger charge is 2.16. The Morgan fingerprint density at radius 1 is 0.507 bits per heavy atom. The van der Waals surface area contributed by atoms with Crippen LogP contribution in [0, 0.1) is 0 Å². The van der Waals surface area contributed by atoms with Gasteiger partial charge in [-0.2, -0.15) is 16.3 Å². The summed E-state index contributed by atoms with van der Waals surface area (Å²) in [5.74, 6) is 6.07. The summed E-state index contributed by atoms with van der Waals surface area (Å²) >= 11 is 3.60. The highest BCUT2D eigenvalue weighted by Crippen LogP contribution is 2.24. The van der Waals surface area contributed by atoms with Crippen molar-refractivity contribution >= 4 is 22.7 Å². The van der Waals surface area contributed by atoms with E-state index in [0.29, 0.717) is 52.7 Å². The van der Waals surface area contributed by atoms with E-state index < -0.39 is 0 Å². The Hall–Kier alpha value is -6.13. The second-order valence-electron chi connectivity index (χ2n) is 22.0. The second kappa shape index (κ2) is 35.2. The zero-order valence-corrected chi connectivity index (χ0v) is 50.4. The van der Waals surface area contributed by atoms with Gasteiger partial charge in [0.1, 0.15) is 24.5 Å². The molecule has 0 fully saturated rings. The van der Waals surface area contributed by atoms with E-state index in [-0.39, 0.29) is 10.8 Å². The summed E-state index contributed by atoms with van der Waals surface area (Å²) in [6.07, 6.45) is 15.9. The Morgan fingerprint density at radius 2 is 1.19 bits per heavy atom. The van der Waals surface area contributed by atoms with Crippen LogP contribution in [0.25, 0.3) is 0 Å². The van der Waals surface area contributed by atoms with E-state index in [4.69, 9.17) is 26.6 Å².